The average Bonchev–Trinajstić information content (AvgIpc) is 2.45. The van der Waals surface area contributed by atoms with Gasteiger partial charge in [0.15, 0.2) is 0 Å². The monoisotopic (exact) mass is 295 g/mol. The Labute approximate surface area is 126 Å². The number of hydrogen-bond donors (Lipinski definition) is 2. The molecule has 0 radical (unpaired) electrons. The van der Waals surface area contributed by atoms with Crippen LogP contribution in [-0.4, -0.2) is 37.9 Å². The van der Waals surface area contributed by atoms with Crippen LogP contribution < -0.4 is 14.8 Å². The number of benzene rings is 1. The SMILES string of the molecule is COc1ccc(CC(=O)NCC(O)CC(C)C)c(OC)c1. The van der Waals surface area contributed by atoms with E-state index >= 15 is 0 Å². The van der Waals surface area contributed by atoms with Crippen LogP contribution in [0.15, 0.2) is 18.2 Å². The van der Waals surface area contributed by atoms with Gasteiger partial charge < -0.3 is 19.9 Å². The highest BCUT2D eigenvalue weighted by Gasteiger charge is 2.12. The summed E-state index contributed by atoms with van der Waals surface area (Å²) in [6, 6.07) is 5.34. The molecule has 1 amide bonds. The maximum absolute atomic E-state index is 11.9. The molecule has 118 valence electrons. The summed E-state index contributed by atoms with van der Waals surface area (Å²) in [5.74, 6) is 1.57. The van der Waals surface area contributed by atoms with Gasteiger partial charge in [0, 0.05) is 18.2 Å². The van der Waals surface area contributed by atoms with Crippen LogP contribution in [-0.2, 0) is 11.2 Å². The fraction of sp³-hybridized carbons (Fsp3) is 0.562. The molecule has 2 N–H and O–H groups in total. The summed E-state index contributed by atoms with van der Waals surface area (Å²) in [4.78, 5) is 11.9. The lowest BCUT2D eigenvalue weighted by Crippen LogP contribution is -2.33. The number of amides is 1. The Morgan fingerprint density at radius 3 is 2.57 bits per heavy atom. The van der Waals surface area contributed by atoms with Gasteiger partial charge in [0.05, 0.1) is 26.7 Å². The molecule has 0 bridgehead atoms. The summed E-state index contributed by atoms with van der Waals surface area (Å²) in [6.07, 6.45) is 0.375. The molecule has 5 nitrogen and oxygen atoms in total. The Kier molecular flexibility index (Phi) is 7.02. The first-order chi connectivity index (χ1) is 9.96. The fourth-order valence-corrected chi connectivity index (χ4v) is 2.09. The summed E-state index contributed by atoms with van der Waals surface area (Å²) < 4.78 is 10.4. The van der Waals surface area contributed by atoms with Crippen LogP contribution in [0, 0.1) is 5.92 Å². The second kappa shape index (κ2) is 8.52. The minimum absolute atomic E-state index is 0.138. The highest BCUT2D eigenvalue weighted by molar-refractivity contribution is 5.79. The quantitative estimate of drug-likeness (QED) is 0.767. The Balaban J connectivity index is 2.54. The molecule has 0 aliphatic heterocycles. The van der Waals surface area contributed by atoms with Crippen molar-refractivity contribution in [3.05, 3.63) is 23.8 Å². The van der Waals surface area contributed by atoms with Crippen molar-refractivity contribution in [1.82, 2.24) is 5.32 Å². The van der Waals surface area contributed by atoms with Crippen molar-refractivity contribution < 1.29 is 19.4 Å². The zero-order valence-electron chi connectivity index (χ0n) is 13.2. The van der Waals surface area contributed by atoms with Crippen LogP contribution in [0.25, 0.3) is 0 Å². The van der Waals surface area contributed by atoms with Crippen LogP contribution in [0.5, 0.6) is 11.5 Å². The number of ether oxygens (including phenoxy) is 2. The van der Waals surface area contributed by atoms with Gasteiger partial charge in [-0.1, -0.05) is 19.9 Å². The molecule has 0 aliphatic carbocycles. The number of carbonyl (C=O) groups excluding carboxylic acids is 1. The van der Waals surface area contributed by atoms with E-state index < -0.39 is 6.10 Å². The largest absolute Gasteiger partial charge is 0.497 e. The van der Waals surface area contributed by atoms with E-state index in [4.69, 9.17) is 9.47 Å². The Morgan fingerprint density at radius 1 is 1.29 bits per heavy atom. The third-order valence-electron chi connectivity index (χ3n) is 3.12. The van der Waals surface area contributed by atoms with Crippen molar-refractivity contribution in [2.24, 2.45) is 5.92 Å². The average molecular weight is 295 g/mol. The predicted molar refractivity (Wildman–Crippen MR) is 81.7 cm³/mol. The first kappa shape index (κ1) is 17.3. The molecule has 0 saturated carbocycles. The van der Waals surface area contributed by atoms with E-state index in [1.807, 2.05) is 19.9 Å². The third-order valence-corrected chi connectivity index (χ3v) is 3.12. The molecule has 0 aliphatic rings. The van der Waals surface area contributed by atoms with Gasteiger partial charge in [0.2, 0.25) is 5.91 Å². The van der Waals surface area contributed by atoms with Crippen molar-refractivity contribution >= 4 is 5.91 Å². The minimum atomic E-state index is -0.508. The molecule has 21 heavy (non-hydrogen) atoms. The van der Waals surface area contributed by atoms with E-state index in [0.29, 0.717) is 23.8 Å². The van der Waals surface area contributed by atoms with E-state index in [9.17, 15) is 9.90 Å². The normalized spacial score (nSPS) is 12.1. The lowest BCUT2D eigenvalue weighted by Gasteiger charge is -2.14. The molecule has 1 aromatic rings. The van der Waals surface area contributed by atoms with Crippen LogP contribution in [0.2, 0.25) is 0 Å². The lowest BCUT2D eigenvalue weighted by molar-refractivity contribution is -0.121. The molecular weight excluding hydrogens is 270 g/mol. The van der Waals surface area contributed by atoms with Gasteiger partial charge in [-0.3, -0.25) is 4.79 Å². The van der Waals surface area contributed by atoms with E-state index in [2.05, 4.69) is 5.32 Å². The number of aliphatic hydroxyl groups excluding tert-OH is 1. The molecule has 1 rings (SSSR count). The Morgan fingerprint density at radius 2 is 2.00 bits per heavy atom. The zero-order valence-corrected chi connectivity index (χ0v) is 13.2. The van der Waals surface area contributed by atoms with Crippen LogP contribution in [0.4, 0.5) is 0 Å². The number of hydrogen-bond acceptors (Lipinski definition) is 4. The molecular formula is C16H25NO4. The van der Waals surface area contributed by atoms with Crippen molar-refractivity contribution in [1.29, 1.82) is 0 Å². The standard InChI is InChI=1S/C16H25NO4/c1-11(2)7-13(18)10-17-16(19)8-12-5-6-14(20-3)9-15(12)21-4/h5-6,9,11,13,18H,7-8,10H2,1-4H3,(H,17,19). The van der Waals surface area contributed by atoms with Gasteiger partial charge in [0.25, 0.3) is 0 Å². The second-order valence-electron chi connectivity index (χ2n) is 5.44. The van der Waals surface area contributed by atoms with Crippen molar-refractivity contribution in [3.8, 4) is 11.5 Å². The third kappa shape index (κ3) is 6.04. The molecule has 0 saturated heterocycles. The van der Waals surface area contributed by atoms with E-state index in [1.54, 1.807) is 26.4 Å². The van der Waals surface area contributed by atoms with Crippen LogP contribution in [0.3, 0.4) is 0 Å². The lowest BCUT2D eigenvalue weighted by atomic mass is 10.1. The van der Waals surface area contributed by atoms with Crippen molar-refractivity contribution in [3.63, 3.8) is 0 Å². The van der Waals surface area contributed by atoms with E-state index in [-0.39, 0.29) is 18.9 Å². The molecule has 1 aromatic carbocycles. The van der Waals surface area contributed by atoms with Gasteiger partial charge in [0.1, 0.15) is 11.5 Å². The van der Waals surface area contributed by atoms with Crippen LogP contribution >= 0.6 is 0 Å². The molecule has 1 atom stereocenters. The topological polar surface area (TPSA) is 67.8 Å². The first-order valence-electron chi connectivity index (χ1n) is 7.12. The predicted octanol–water partition coefficient (Wildman–Crippen LogP) is 1.77. The summed E-state index contributed by atoms with van der Waals surface area (Å²) >= 11 is 0. The Hall–Kier alpha value is -1.75. The number of nitrogens with one attached hydrogen (secondary N) is 1. The fourth-order valence-electron chi connectivity index (χ4n) is 2.09. The minimum Gasteiger partial charge on any atom is -0.497 e. The van der Waals surface area contributed by atoms with Gasteiger partial charge in [-0.25, -0.2) is 0 Å². The van der Waals surface area contributed by atoms with Gasteiger partial charge >= 0.3 is 0 Å². The van der Waals surface area contributed by atoms with E-state index in [0.717, 1.165) is 5.56 Å². The highest BCUT2D eigenvalue weighted by Crippen LogP contribution is 2.24. The van der Waals surface area contributed by atoms with Crippen molar-refractivity contribution in [2.75, 3.05) is 20.8 Å². The number of rotatable bonds is 8. The number of aliphatic hydroxyl groups is 1. The summed E-state index contributed by atoms with van der Waals surface area (Å²) in [5.41, 5.74) is 0.786. The van der Waals surface area contributed by atoms with Crippen LogP contribution in [0.1, 0.15) is 25.8 Å². The van der Waals surface area contributed by atoms with Gasteiger partial charge in [-0.2, -0.15) is 0 Å². The molecule has 0 fully saturated rings. The number of methoxy groups -OCH3 is 2. The number of carbonyl (C=O) groups is 1. The smallest absolute Gasteiger partial charge is 0.224 e. The summed E-state index contributed by atoms with van der Waals surface area (Å²) in [7, 11) is 3.14. The Bertz CT molecular complexity index is 460. The van der Waals surface area contributed by atoms with Gasteiger partial charge in [-0.15, -0.1) is 0 Å². The zero-order chi connectivity index (χ0) is 15.8. The van der Waals surface area contributed by atoms with Gasteiger partial charge in [-0.05, 0) is 18.4 Å². The second-order valence-corrected chi connectivity index (χ2v) is 5.44. The maximum Gasteiger partial charge on any atom is 0.224 e. The maximum atomic E-state index is 11.9. The van der Waals surface area contributed by atoms with Crippen molar-refractivity contribution in [2.45, 2.75) is 32.8 Å². The molecule has 1 unspecified atom stereocenters. The molecule has 0 spiro atoms. The summed E-state index contributed by atoms with van der Waals surface area (Å²) in [6.45, 7) is 4.34. The first-order valence-corrected chi connectivity index (χ1v) is 7.12. The molecule has 0 aromatic heterocycles. The highest BCUT2D eigenvalue weighted by atomic mass is 16.5. The van der Waals surface area contributed by atoms with E-state index in [1.165, 1.54) is 0 Å². The molecule has 5 heteroatoms. The summed E-state index contributed by atoms with van der Waals surface area (Å²) in [5, 5.41) is 12.5. The molecule has 0 heterocycles.